The van der Waals surface area contributed by atoms with Crippen LogP contribution in [0.5, 0.6) is 0 Å². The van der Waals surface area contributed by atoms with Crippen molar-refractivity contribution in [2.45, 2.75) is 57.7 Å². The van der Waals surface area contributed by atoms with Crippen LogP contribution in [0, 0.1) is 5.92 Å². The average molecular weight is 297 g/mol. The molecule has 0 spiro atoms. The molecule has 1 unspecified atom stereocenters. The number of likely N-dealkylation sites (N-methyl/N-ethyl adjacent to an activating group) is 1. The van der Waals surface area contributed by atoms with Gasteiger partial charge in [0.2, 0.25) is 0 Å². The minimum atomic E-state index is -0.778. The predicted octanol–water partition coefficient (Wildman–Crippen LogP) is 1.24. The SMILES string of the molecule is CC(C)NC(CN1CCN(C)C(C)(C)C1)(C(=O)O)C1CC1. The Bertz CT molecular complexity index is 393. The molecule has 1 heterocycles. The molecule has 0 aromatic rings. The summed E-state index contributed by atoms with van der Waals surface area (Å²) < 4.78 is 0. The van der Waals surface area contributed by atoms with Crippen molar-refractivity contribution in [1.82, 2.24) is 15.1 Å². The van der Waals surface area contributed by atoms with Gasteiger partial charge >= 0.3 is 5.97 Å². The fourth-order valence-corrected chi connectivity index (χ4v) is 3.52. The number of carbonyl (C=O) groups is 1. The Kier molecular flexibility index (Phi) is 4.66. The number of carboxylic acid groups (broad SMARTS) is 1. The second-order valence-corrected chi connectivity index (χ2v) is 7.79. The van der Waals surface area contributed by atoms with E-state index in [9.17, 15) is 9.90 Å². The van der Waals surface area contributed by atoms with Crippen molar-refractivity contribution in [2.75, 3.05) is 33.2 Å². The molecule has 2 aliphatic rings. The van der Waals surface area contributed by atoms with Gasteiger partial charge in [0.25, 0.3) is 0 Å². The zero-order valence-corrected chi connectivity index (χ0v) is 14.1. The predicted molar refractivity (Wildman–Crippen MR) is 84.5 cm³/mol. The van der Waals surface area contributed by atoms with Gasteiger partial charge in [-0.25, -0.2) is 0 Å². The average Bonchev–Trinajstić information content (AvgIpc) is 3.16. The summed E-state index contributed by atoms with van der Waals surface area (Å²) in [7, 11) is 2.15. The lowest BCUT2D eigenvalue weighted by molar-refractivity contribution is -0.148. The number of hydrogen-bond donors (Lipinski definition) is 2. The summed E-state index contributed by atoms with van der Waals surface area (Å²) >= 11 is 0. The van der Waals surface area contributed by atoms with Crippen molar-refractivity contribution < 1.29 is 9.90 Å². The van der Waals surface area contributed by atoms with Crippen LogP contribution in [0.3, 0.4) is 0 Å². The molecule has 5 nitrogen and oxygen atoms in total. The number of nitrogens with one attached hydrogen (secondary N) is 1. The molecule has 0 amide bonds. The molecule has 1 aliphatic carbocycles. The molecule has 2 rings (SSSR count). The monoisotopic (exact) mass is 297 g/mol. The van der Waals surface area contributed by atoms with E-state index in [4.69, 9.17) is 0 Å². The van der Waals surface area contributed by atoms with Crippen LogP contribution in [-0.4, -0.2) is 71.2 Å². The Morgan fingerprint density at radius 3 is 2.43 bits per heavy atom. The van der Waals surface area contributed by atoms with Gasteiger partial charge in [0.05, 0.1) is 0 Å². The number of nitrogens with zero attached hydrogens (tertiary/aromatic N) is 2. The lowest BCUT2D eigenvalue weighted by Gasteiger charge is -2.48. The van der Waals surface area contributed by atoms with Crippen molar-refractivity contribution in [3.8, 4) is 0 Å². The molecule has 2 N–H and O–H groups in total. The van der Waals surface area contributed by atoms with E-state index in [2.05, 4.69) is 36.0 Å². The van der Waals surface area contributed by atoms with Gasteiger partial charge in [-0.1, -0.05) is 0 Å². The summed E-state index contributed by atoms with van der Waals surface area (Å²) in [6.45, 7) is 12.0. The van der Waals surface area contributed by atoms with Gasteiger partial charge in [-0.05, 0) is 53.5 Å². The van der Waals surface area contributed by atoms with Crippen molar-refractivity contribution >= 4 is 5.97 Å². The molecule has 1 aliphatic heterocycles. The molecular weight excluding hydrogens is 266 g/mol. The van der Waals surface area contributed by atoms with Crippen LogP contribution in [0.25, 0.3) is 0 Å². The highest BCUT2D eigenvalue weighted by molar-refractivity contribution is 5.80. The van der Waals surface area contributed by atoms with E-state index in [0.29, 0.717) is 6.54 Å². The summed E-state index contributed by atoms with van der Waals surface area (Å²) in [6.07, 6.45) is 2.06. The maximum Gasteiger partial charge on any atom is 0.325 e. The molecule has 1 saturated heterocycles. The zero-order chi connectivity index (χ0) is 15.8. The first-order valence-corrected chi connectivity index (χ1v) is 8.12. The number of piperazine rings is 1. The van der Waals surface area contributed by atoms with E-state index in [1.807, 2.05) is 13.8 Å². The lowest BCUT2D eigenvalue weighted by atomic mass is 9.89. The molecule has 1 saturated carbocycles. The van der Waals surface area contributed by atoms with Gasteiger partial charge in [0.15, 0.2) is 0 Å². The van der Waals surface area contributed by atoms with E-state index in [1.165, 1.54) is 0 Å². The smallest absolute Gasteiger partial charge is 0.325 e. The van der Waals surface area contributed by atoms with E-state index in [0.717, 1.165) is 32.5 Å². The molecule has 0 aromatic heterocycles. The highest BCUT2D eigenvalue weighted by atomic mass is 16.4. The molecule has 0 bridgehead atoms. The summed E-state index contributed by atoms with van der Waals surface area (Å²) in [4.78, 5) is 16.7. The van der Waals surface area contributed by atoms with Crippen LogP contribution in [0.15, 0.2) is 0 Å². The number of rotatable bonds is 6. The van der Waals surface area contributed by atoms with Crippen molar-refractivity contribution in [1.29, 1.82) is 0 Å². The third kappa shape index (κ3) is 3.58. The summed E-state index contributed by atoms with van der Waals surface area (Å²) in [5.74, 6) is -0.407. The maximum atomic E-state index is 12.0. The number of aliphatic carboxylic acids is 1. The Morgan fingerprint density at radius 1 is 1.38 bits per heavy atom. The lowest BCUT2D eigenvalue weighted by Crippen LogP contribution is -2.66. The van der Waals surface area contributed by atoms with Crippen LogP contribution in [0.1, 0.15) is 40.5 Å². The summed E-state index contributed by atoms with van der Waals surface area (Å²) in [5, 5.41) is 13.3. The topological polar surface area (TPSA) is 55.8 Å². The molecule has 0 aromatic carbocycles. The minimum absolute atomic E-state index is 0.101. The molecular formula is C16H31N3O2. The standard InChI is InChI=1S/C16H31N3O2/c1-12(2)17-16(14(20)21,13-6-7-13)11-19-9-8-18(5)15(3,4)10-19/h12-13,17H,6-11H2,1-5H3,(H,20,21). The number of hydrogen-bond acceptors (Lipinski definition) is 4. The fraction of sp³-hybridized carbons (Fsp3) is 0.938. The zero-order valence-electron chi connectivity index (χ0n) is 14.1. The van der Waals surface area contributed by atoms with Gasteiger partial charge in [-0.15, -0.1) is 0 Å². The van der Waals surface area contributed by atoms with Gasteiger partial charge < -0.3 is 5.11 Å². The van der Waals surface area contributed by atoms with E-state index in [-0.39, 0.29) is 17.5 Å². The highest BCUT2D eigenvalue weighted by Gasteiger charge is 2.52. The minimum Gasteiger partial charge on any atom is -0.480 e. The summed E-state index contributed by atoms with van der Waals surface area (Å²) in [5.41, 5.74) is -0.677. The Labute approximate surface area is 128 Å². The molecule has 1 atom stereocenters. The van der Waals surface area contributed by atoms with Crippen LogP contribution < -0.4 is 5.32 Å². The third-order valence-corrected chi connectivity index (χ3v) is 5.07. The first kappa shape index (κ1) is 16.7. The molecule has 5 heteroatoms. The van der Waals surface area contributed by atoms with E-state index in [1.54, 1.807) is 0 Å². The normalized spacial score (nSPS) is 26.8. The third-order valence-electron chi connectivity index (χ3n) is 5.07. The molecule has 0 radical (unpaired) electrons. The quantitative estimate of drug-likeness (QED) is 0.772. The second kappa shape index (κ2) is 5.86. The van der Waals surface area contributed by atoms with Crippen LogP contribution in [0.2, 0.25) is 0 Å². The Morgan fingerprint density at radius 2 is 2.00 bits per heavy atom. The van der Waals surface area contributed by atoms with E-state index >= 15 is 0 Å². The number of carboxylic acids is 1. The van der Waals surface area contributed by atoms with Crippen LogP contribution in [0.4, 0.5) is 0 Å². The van der Waals surface area contributed by atoms with Gasteiger partial charge in [0.1, 0.15) is 5.54 Å². The highest BCUT2D eigenvalue weighted by Crippen LogP contribution is 2.41. The van der Waals surface area contributed by atoms with Crippen molar-refractivity contribution in [3.63, 3.8) is 0 Å². The molecule has 21 heavy (non-hydrogen) atoms. The van der Waals surface area contributed by atoms with Crippen LogP contribution >= 0.6 is 0 Å². The molecule has 122 valence electrons. The van der Waals surface area contributed by atoms with Crippen LogP contribution in [-0.2, 0) is 4.79 Å². The van der Waals surface area contributed by atoms with Gasteiger partial charge in [-0.3, -0.25) is 19.9 Å². The Balaban J connectivity index is 2.13. The maximum absolute atomic E-state index is 12.0. The van der Waals surface area contributed by atoms with Crippen molar-refractivity contribution in [3.05, 3.63) is 0 Å². The van der Waals surface area contributed by atoms with Gasteiger partial charge in [-0.2, -0.15) is 0 Å². The van der Waals surface area contributed by atoms with E-state index < -0.39 is 11.5 Å². The largest absolute Gasteiger partial charge is 0.480 e. The molecule has 2 fully saturated rings. The Hall–Kier alpha value is -0.650. The van der Waals surface area contributed by atoms with Crippen molar-refractivity contribution in [2.24, 2.45) is 5.92 Å². The fourth-order valence-electron chi connectivity index (χ4n) is 3.52. The summed E-state index contributed by atoms with van der Waals surface area (Å²) in [6, 6.07) is 0.183. The second-order valence-electron chi connectivity index (χ2n) is 7.79. The first-order valence-electron chi connectivity index (χ1n) is 8.12. The first-order chi connectivity index (χ1) is 9.67. The van der Waals surface area contributed by atoms with Gasteiger partial charge in [0, 0.05) is 37.8 Å².